The van der Waals surface area contributed by atoms with E-state index in [1.54, 1.807) is 12.3 Å². The Morgan fingerprint density at radius 1 is 1.60 bits per heavy atom. The smallest absolute Gasteiger partial charge is 0.356 e. The van der Waals surface area contributed by atoms with E-state index in [4.69, 9.17) is 0 Å². The predicted molar refractivity (Wildman–Crippen MR) is 52.8 cm³/mol. The van der Waals surface area contributed by atoms with Crippen molar-refractivity contribution in [3.63, 3.8) is 0 Å². The molecule has 5 heteroatoms. The fourth-order valence-electron chi connectivity index (χ4n) is 1.37. The van der Waals surface area contributed by atoms with Gasteiger partial charge in [-0.2, -0.15) is 0 Å². The molecule has 5 nitrogen and oxygen atoms in total. The van der Waals surface area contributed by atoms with E-state index in [0.29, 0.717) is 22.9 Å². The lowest BCUT2D eigenvalue weighted by atomic mass is 10.2. The topological polar surface area (TPSA) is 72.1 Å². The largest absolute Gasteiger partial charge is 0.464 e. The number of carbonyl (C=O) groups is 2. The van der Waals surface area contributed by atoms with Crippen LogP contribution < -0.4 is 0 Å². The normalized spacial score (nSPS) is 10.2. The highest BCUT2D eigenvalue weighted by Gasteiger charge is 2.12. The van der Waals surface area contributed by atoms with Crippen molar-refractivity contribution in [2.75, 3.05) is 7.11 Å². The van der Waals surface area contributed by atoms with E-state index >= 15 is 0 Å². The number of aldehydes is 1. The summed E-state index contributed by atoms with van der Waals surface area (Å²) in [6, 6.07) is 3.09. The van der Waals surface area contributed by atoms with Crippen LogP contribution in [0.15, 0.2) is 18.3 Å². The molecule has 0 atom stereocenters. The summed E-state index contributed by atoms with van der Waals surface area (Å²) in [6.45, 7) is 0. The minimum Gasteiger partial charge on any atom is -0.464 e. The lowest BCUT2D eigenvalue weighted by Crippen LogP contribution is -2.05. The molecule has 0 aromatic carbocycles. The number of ether oxygens (including phenoxy) is 1. The van der Waals surface area contributed by atoms with E-state index < -0.39 is 5.97 Å². The number of esters is 1. The summed E-state index contributed by atoms with van der Waals surface area (Å²) in [7, 11) is 1.27. The molecule has 0 radical (unpaired) electrons. The van der Waals surface area contributed by atoms with Crippen LogP contribution >= 0.6 is 0 Å². The first-order valence-corrected chi connectivity index (χ1v) is 4.28. The maximum absolute atomic E-state index is 11.2. The maximum Gasteiger partial charge on any atom is 0.356 e. The highest BCUT2D eigenvalue weighted by atomic mass is 16.5. The molecule has 0 amide bonds. The number of H-pyrrole nitrogens is 1. The standard InChI is InChI=1S/C10H8N2O3/c1-15-10(14)8-4-6(5-13)9-7(12-8)2-3-11-9/h2-5,11H,1H3. The van der Waals surface area contributed by atoms with Crippen molar-refractivity contribution in [2.24, 2.45) is 0 Å². The fraction of sp³-hybridized carbons (Fsp3) is 0.100. The Bertz CT molecular complexity index is 530. The van der Waals surface area contributed by atoms with E-state index in [0.717, 1.165) is 0 Å². The van der Waals surface area contributed by atoms with Gasteiger partial charge < -0.3 is 9.72 Å². The molecule has 2 heterocycles. The van der Waals surface area contributed by atoms with Crippen LogP contribution in [-0.2, 0) is 4.74 Å². The average molecular weight is 204 g/mol. The quantitative estimate of drug-likeness (QED) is 0.588. The van der Waals surface area contributed by atoms with Crippen LogP contribution in [0.2, 0.25) is 0 Å². The third-order valence-electron chi connectivity index (χ3n) is 2.07. The molecule has 0 aliphatic rings. The summed E-state index contributed by atoms with van der Waals surface area (Å²) in [5.74, 6) is -0.554. The molecule has 76 valence electrons. The molecule has 0 saturated carbocycles. The summed E-state index contributed by atoms with van der Waals surface area (Å²) >= 11 is 0. The van der Waals surface area contributed by atoms with Gasteiger partial charge in [-0.05, 0) is 12.1 Å². The van der Waals surface area contributed by atoms with Gasteiger partial charge in [0.05, 0.1) is 18.1 Å². The number of methoxy groups -OCH3 is 1. The summed E-state index contributed by atoms with van der Waals surface area (Å²) in [4.78, 5) is 28.9. The molecule has 0 aliphatic carbocycles. The third-order valence-corrected chi connectivity index (χ3v) is 2.07. The predicted octanol–water partition coefficient (Wildman–Crippen LogP) is 1.16. The van der Waals surface area contributed by atoms with Crippen molar-refractivity contribution in [2.45, 2.75) is 0 Å². The number of hydrogen-bond acceptors (Lipinski definition) is 4. The lowest BCUT2D eigenvalue weighted by Gasteiger charge is -2.00. The van der Waals surface area contributed by atoms with Gasteiger partial charge in [-0.15, -0.1) is 0 Å². The average Bonchev–Trinajstić information content (AvgIpc) is 2.74. The van der Waals surface area contributed by atoms with Crippen LogP contribution in [0.1, 0.15) is 20.8 Å². The zero-order valence-electron chi connectivity index (χ0n) is 7.98. The number of hydrogen-bond donors (Lipinski definition) is 1. The van der Waals surface area contributed by atoms with Crippen molar-refractivity contribution in [3.8, 4) is 0 Å². The number of aromatic nitrogens is 2. The molecule has 15 heavy (non-hydrogen) atoms. The molecule has 2 aromatic rings. The Labute approximate surface area is 85.1 Å². The van der Waals surface area contributed by atoms with Gasteiger partial charge in [-0.25, -0.2) is 9.78 Å². The van der Waals surface area contributed by atoms with Gasteiger partial charge in [-0.1, -0.05) is 0 Å². The fourth-order valence-corrected chi connectivity index (χ4v) is 1.37. The minimum absolute atomic E-state index is 0.131. The van der Waals surface area contributed by atoms with Crippen molar-refractivity contribution in [1.82, 2.24) is 9.97 Å². The van der Waals surface area contributed by atoms with Crippen molar-refractivity contribution in [3.05, 3.63) is 29.6 Å². The Morgan fingerprint density at radius 3 is 3.07 bits per heavy atom. The van der Waals surface area contributed by atoms with Gasteiger partial charge >= 0.3 is 5.97 Å². The third kappa shape index (κ3) is 1.48. The summed E-state index contributed by atoms with van der Waals surface area (Å²) in [6.07, 6.45) is 2.33. The van der Waals surface area contributed by atoms with Crippen molar-refractivity contribution < 1.29 is 14.3 Å². The van der Waals surface area contributed by atoms with Crippen LogP contribution in [0.25, 0.3) is 11.0 Å². The zero-order valence-corrected chi connectivity index (χ0v) is 7.98. The second-order valence-electron chi connectivity index (χ2n) is 2.94. The number of fused-ring (bicyclic) bond motifs is 1. The van der Waals surface area contributed by atoms with Crippen LogP contribution in [0.5, 0.6) is 0 Å². The molecule has 0 bridgehead atoms. The first-order valence-electron chi connectivity index (χ1n) is 4.28. The van der Waals surface area contributed by atoms with Crippen molar-refractivity contribution >= 4 is 23.3 Å². The minimum atomic E-state index is -0.554. The Morgan fingerprint density at radius 2 is 2.40 bits per heavy atom. The SMILES string of the molecule is COC(=O)c1cc(C=O)c2[nH]ccc2n1. The number of nitrogens with zero attached hydrogens (tertiary/aromatic N) is 1. The second kappa shape index (κ2) is 3.53. The molecule has 0 fully saturated rings. The van der Waals surface area contributed by atoms with Gasteiger partial charge in [0, 0.05) is 11.8 Å². The molecule has 0 aliphatic heterocycles. The van der Waals surface area contributed by atoms with Crippen molar-refractivity contribution in [1.29, 1.82) is 0 Å². The lowest BCUT2D eigenvalue weighted by molar-refractivity contribution is 0.0594. The molecule has 0 unspecified atom stereocenters. The second-order valence-corrected chi connectivity index (χ2v) is 2.94. The van der Waals surface area contributed by atoms with E-state index in [-0.39, 0.29) is 5.69 Å². The summed E-state index contributed by atoms with van der Waals surface area (Å²) in [5.41, 5.74) is 1.72. The molecular weight excluding hydrogens is 196 g/mol. The number of aromatic amines is 1. The van der Waals surface area contributed by atoms with Gasteiger partial charge in [0.2, 0.25) is 0 Å². The zero-order chi connectivity index (χ0) is 10.8. The molecule has 2 rings (SSSR count). The number of rotatable bonds is 2. The first-order chi connectivity index (χ1) is 7.26. The molecule has 0 spiro atoms. The number of carbonyl (C=O) groups excluding carboxylic acids is 2. The Kier molecular flexibility index (Phi) is 2.21. The van der Waals surface area contributed by atoms with Crippen LogP contribution in [0.4, 0.5) is 0 Å². The molecule has 0 saturated heterocycles. The summed E-state index contributed by atoms with van der Waals surface area (Å²) in [5, 5.41) is 0. The maximum atomic E-state index is 11.2. The number of nitrogens with one attached hydrogen (secondary N) is 1. The van der Waals surface area contributed by atoms with E-state index in [1.807, 2.05) is 0 Å². The van der Waals surface area contributed by atoms with Crippen LogP contribution in [0, 0.1) is 0 Å². The van der Waals surface area contributed by atoms with E-state index in [2.05, 4.69) is 14.7 Å². The van der Waals surface area contributed by atoms with Gasteiger partial charge in [-0.3, -0.25) is 4.79 Å². The monoisotopic (exact) mass is 204 g/mol. The van der Waals surface area contributed by atoms with Gasteiger partial charge in [0.15, 0.2) is 6.29 Å². The molecular formula is C10H8N2O3. The van der Waals surface area contributed by atoms with E-state index in [1.165, 1.54) is 13.2 Å². The van der Waals surface area contributed by atoms with Gasteiger partial charge in [0.25, 0.3) is 0 Å². The van der Waals surface area contributed by atoms with Crippen LogP contribution in [0.3, 0.4) is 0 Å². The van der Waals surface area contributed by atoms with Gasteiger partial charge in [0.1, 0.15) is 5.69 Å². The van der Waals surface area contributed by atoms with Crippen LogP contribution in [-0.4, -0.2) is 29.3 Å². The Balaban J connectivity index is 2.68. The Hall–Kier alpha value is -2.17. The highest BCUT2D eigenvalue weighted by molar-refractivity contribution is 5.98. The number of pyridine rings is 1. The molecule has 2 aromatic heterocycles. The van der Waals surface area contributed by atoms with E-state index in [9.17, 15) is 9.59 Å². The summed E-state index contributed by atoms with van der Waals surface area (Å²) < 4.78 is 4.53. The highest BCUT2D eigenvalue weighted by Crippen LogP contribution is 2.15. The first kappa shape index (κ1) is 9.39. The molecule has 1 N–H and O–H groups in total.